The Morgan fingerprint density at radius 3 is 2.31 bits per heavy atom. The first-order valence-electron chi connectivity index (χ1n) is 8.10. The number of hydrazone groups is 1. The fourth-order valence-electron chi connectivity index (χ4n) is 2.54. The summed E-state index contributed by atoms with van der Waals surface area (Å²) in [5.41, 5.74) is 2.42. The number of aryl methyl sites for hydroxylation is 1. The van der Waals surface area contributed by atoms with Crippen molar-refractivity contribution in [2.75, 3.05) is 7.11 Å². The highest BCUT2D eigenvalue weighted by Crippen LogP contribution is 2.22. The van der Waals surface area contributed by atoms with E-state index in [2.05, 4.69) is 9.93 Å². The van der Waals surface area contributed by atoms with E-state index in [1.165, 1.54) is 0 Å². The molecule has 5 nitrogen and oxygen atoms in total. The van der Waals surface area contributed by atoms with E-state index in [0.29, 0.717) is 5.71 Å². The molecule has 0 saturated carbocycles. The predicted molar refractivity (Wildman–Crippen MR) is 104 cm³/mol. The number of sulfonamides is 1. The molecule has 0 aliphatic heterocycles. The molecule has 0 heterocycles. The van der Waals surface area contributed by atoms with E-state index in [1.54, 1.807) is 38.3 Å². The van der Waals surface area contributed by atoms with Crippen molar-refractivity contribution in [3.05, 3.63) is 71.8 Å². The molecule has 0 atom stereocenters. The Labute approximate surface area is 153 Å². The second-order valence-electron chi connectivity index (χ2n) is 6.03. The molecule has 3 rings (SSSR count). The summed E-state index contributed by atoms with van der Waals surface area (Å²) in [7, 11) is -2.05. The summed E-state index contributed by atoms with van der Waals surface area (Å²) < 4.78 is 29.9. The van der Waals surface area contributed by atoms with Crippen molar-refractivity contribution in [3.8, 4) is 5.75 Å². The van der Waals surface area contributed by atoms with E-state index >= 15 is 0 Å². The van der Waals surface area contributed by atoms with Gasteiger partial charge < -0.3 is 4.74 Å². The van der Waals surface area contributed by atoms with Crippen molar-refractivity contribution in [3.63, 3.8) is 0 Å². The Morgan fingerprint density at radius 1 is 0.962 bits per heavy atom. The Balaban J connectivity index is 1.85. The van der Waals surface area contributed by atoms with Gasteiger partial charge in [-0.1, -0.05) is 35.9 Å². The number of fused-ring (bicyclic) bond motifs is 1. The molecule has 26 heavy (non-hydrogen) atoms. The van der Waals surface area contributed by atoms with Gasteiger partial charge in [0, 0.05) is 0 Å². The molecule has 0 spiro atoms. The van der Waals surface area contributed by atoms with Crippen LogP contribution in [-0.2, 0) is 10.0 Å². The van der Waals surface area contributed by atoms with E-state index in [-0.39, 0.29) is 4.90 Å². The highest BCUT2D eigenvalue weighted by Gasteiger charge is 2.12. The number of rotatable bonds is 5. The van der Waals surface area contributed by atoms with E-state index in [9.17, 15) is 8.42 Å². The Bertz CT molecular complexity index is 1070. The second-order valence-corrected chi connectivity index (χ2v) is 7.69. The number of ether oxygens (including phenoxy) is 1. The quantitative estimate of drug-likeness (QED) is 0.549. The first-order valence-corrected chi connectivity index (χ1v) is 9.58. The van der Waals surface area contributed by atoms with Crippen LogP contribution in [0.15, 0.2) is 70.7 Å². The molecule has 0 saturated heterocycles. The van der Waals surface area contributed by atoms with Crippen molar-refractivity contribution >= 4 is 26.5 Å². The molecule has 6 heteroatoms. The molecule has 0 aliphatic carbocycles. The van der Waals surface area contributed by atoms with E-state index < -0.39 is 10.0 Å². The van der Waals surface area contributed by atoms with E-state index in [1.807, 2.05) is 43.3 Å². The van der Waals surface area contributed by atoms with Crippen molar-refractivity contribution in [1.29, 1.82) is 0 Å². The average Bonchev–Trinajstić information content (AvgIpc) is 2.65. The molecule has 0 unspecified atom stereocenters. The number of methoxy groups -OCH3 is 1. The molecule has 0 bridgehead atoms. The summed E-state index contributed by atoms with van der Waals surface area (Å²) >= 11 is 0. The molecular weight excluding hydrogens is 348 g/mol. The Kier molecular flexibility index (Phi) is 4.95. The van der Waals surface area contributed by atoms with Gasteiger partial charge in [-0.25, -0.2) is 0 Å². The van der Waals surface area contributed by atoms with Crippen LogP contribution in [0.1, 0.15) is 18.1 Å². The fourth-order valence-corrected chi connectivity index (χ4v) is 3.40. The van der Waals surface area contributed by atoms with Gasteiger partial charge in [-0.15, -0.1) is 0 Å². The van der Waals surface area contributed by atoms with Crippen molar-refractivity contribution < 1.29 is 13.2 Å². The maximum absolute atomic E-state index is 12.3. The third-order valence-electron chi connectivity index (χ3n) is 4.13. The van der Waals surface area contributed by atoms with Crippen LogP contribution in [0.5, 0.6) is 5.75 Å². The molecular formula is C20H20N2O3S. The van der Waals surface area contributed by atoms with Crippen LogP contribution in [0.25, 0.3) is 10.8 Å². The van der Waals surface area contributed by atoms with E-state index in [4.69, 9.17) is 4.74 Å². The van der Waals surface area contributed by atoms with Crippen molar-refractivity contribution in [1.82, 2.24) is 4.83 Å². The van der Waals surface area contributed by atoms with Crippen molar-refractivity contribution in [2.45, 2.75) is 18.7 Å². The lowest BCUT2D eigenvalue weighted by Gasteiger charge is -2.07. The molecule has 134 valence electrons. The highest BCUT2D eigenvalue weighted by molar-refractivity contribution is 7.89. The summed E-state index contributed by atoms with van der Waals surface area (Å²) in [5, 5.41) is 6.13. The zero-order valence-electron chi connectivity index (χ0n) is 14.9. The second kappa shape index (κ2) is 7.17. The summed E-state index contributed by atoms with van der Waals surface area (Å²) in [6.07, 6.45) is 0. The summed E-state index contributed by atoms with van der Waals surface area (Å²) in [4.78, 5) is 2.48. The molecule has 0 aromatic heterocycles. The third-order valence-corrected chi connectivity index (χ3v) is 5.35. The van der Waals surface area contributed by atoms with Gasteiger partial charge in [-0.2, -0.15) is 18.4 Å². The van der Waals surface area contributed by atoms with Crippen LogP contribution in [0.2, 0.25) is 0 Å². The topological polar surface area (TPSA) is 67.8 Å². The minimum Gasteiger partial charge on any atom is -0.497 e. The molecule has 0 amide bonds. The zero-order valence-corrected chi connectivity index (χ0v) is 15.7. The fraction of sp³-hybridized carbons (Fsp3) is 0.150. The Hall–Kier alpha value is -2.86. The van der Waals surface area contributed by atoms with Gasteiger partial charge in [0.1, 0.15) is 5.75 Å². The first kappa shape index (κ1) is 17.9. The predicted octanol–water partition coefficient (Wildman–Crippen LogP) is 3.86. The van der Waals surface area contributed by atoms with Crippen molar-refractivity contribution in [2.24, 2.45) is 5.10 Å². The van der Waals surface area contributed by atoms with Gasteiger partial charge in [-0.05, 0) is 60.5 Å². The summed E-state index contributed by atoms with van der Waals surface area (Å²) in [5.74, 6) is 0.793. The monoisotopic (exact) mass is 368 g/mol. The lowest BCUT2D eigenvalue weighted by molar-refractivity contribution is 0.415. The number of hydrogen-bond acceptors (Lipinski definition) is 4. The van der Waals surface area contributed by atoms with Gasteiger partial charge in [0.25, 0.3) is 10.0 Å². The average molecular weight is 368 g/mol. The standard InChI is InChI=1S/C20H20N2O3S/c1-14-4-10-20(11-5-14)26(23,24)22-21-15(2)16-6-7-18-13-19(25-3)9-8-17(18)12-16/h4-13,22H,1-3H3/b21-15-. The van der Waals surface area contributed by atoms with Crippen LogP contribution in [0.4, 0.5) is 0 Å². The molecule has 3 aromatic rings. The normalized spacial score (nSPS) is 12.2. The number of benzene rings is 3. The Morgan fingerprint density at radius 2 is 1.62 bits per heavy atom. The lowest BCUT2D eigenvalue weighted by Crippen LogP contribution is -2.19. The zero-order chi connectivity index (χ0) is 18.7. The third kappa shape index (κ3) is 3.86. The number of hydrogen-bond donors (Lipinski definition) is 1. The summed E-state index contributed by atoms with van der Waals surface area (Å²) in [6, 6.07) is 18.3. The SMILES string of the molecule is COc1ccc2cc(/C(C)=N\NS(=O)(=O)c3ccc(C)cc3)ccc2c1. The minimum absolute atomic E-state index is 0.185. The number of nitrogens with zero attached hydrogens (tertiary/aromatic N) is 1. The highest BCUT2D eigenvalue weighted by atomic mass is 32.2. The minimum atomic E-state index is -3.69. The van der Waals surface area contributed by atoms with Crippen LogP contribution in [0, 0.1) is 6.92 Å². The van der Waals surface area contributed by atoms with Gasteiger partial charge in [0.15, 0.2) is 0 Å². The largest absolute Gasteiger partial charge is 0.497 e. The van der Waals surface area contributed by atoms with Gasteiger partial charge >= 0.3 is 0 Å². The maximum atomic E-state index is 12.3. The molecule has 0 fully saturated rings. The summed E-state index contributed by atoms with van der Waals surface area (Å²) in [6.45, 7) is 3.67. The van der Waals surface area contributed by atoms with Gasteiger partial charge in [0.2, 0.25) is 0 Å². The molecule has 0 aliphatic rings. The first-order chi connectivity index (χ1) is 12.4. The molecule has 3 aromatic carbocycles. The van der Waals surface area contributed by atoms with Crippen LogP contribution < -0.4 is 9.57 Å². The smallest absolute Gasteiger partial charge is 0.276 e. The molecule has 1 N–H and O–H groups in total. The van der Waals surface area contributed by atoms with Gasteiger partial charge in [-0.3, -0.25) is 0 Å². The van der Waals surface area contributed by atoms with Crippen LogP contribution >= 0.6 is 0 Å². The van der Waals surface area contributed by atoms with Gasteiger partial charge in [0.05, 0.1) is 17.7 Å². The van der Waals surface area contributed by atoms with E-state index in [0.717, 1.165) is 27.6 Å². The molecule has 0 radical (unpaired) electrons. The number of nitrogens with one attached hydrogen (secondary N) is 1. The lowest BCUT2D eigenvalue weighted by atomic mass is 10.0. The maximum Gasteiger partial charge on any atom is 0.276 e. The van der Waals surface area contributed by atoms with Crippen LogP contribution in [-0.4, -0.2) is 21.2 Å². The van der Waals surface area contributed by atoms with Crippen LogP contribution in [0.3, 0.4) is 0 Å².